The van der Waals surface area contributed by atoms with Crippen LogP contribution in [0.25, 0.3) is 0 Å². The van der Waals surface area contributed by atoms with Gasteiger partial charge in [0.05, 0.1) is 5.56 Å². The van der Waals surface area contributed by atoms with Gasteiger partial charge in [0.2, 0.25) is 5.88 Å². The van der Waals surface area contributed by atoms with Crippen molar-refractivity contribution in [2.45, 2.75) is 12.8 Å². The number of alkyl halides is 2. The van der Waals surface area contributed by atoms with Gasteiger partial charge in [-0.1, -0.05) is 0 Å². The molecule has 0 bridgehead atoms. The first-order valence-electron chi connectivity index (χ1n) is 5.94. The number of nitrogens with zero attached hydrogens (tertiary/aromatic N) is 1. The number of carboxylic acids is 1. The van der Waals surface area contributed by atoms with Gasteiger partial charge in [-0.15, -0.1) is 0 Å². The molecule has 0 aliphatic rings. The summed E-state index contributed by atoms with van der Waals surface area (Å²) in [4.78, 5) is 14.3. The van der Waals surface area contributed by atoms with Crippen LogP contribution in [0.2, 0.25) is 0 Å². The maximum atomic E-state index is 13.5. The molecular weight excluding hydrogens is 306 g/mol. The van der Waals surface area contributed by atoms with E-state index in [9.17, 15) is 22.4 Å². The van der Waals surface area contributed by atoms with E-state index >= 15 is 0 Å². The second kappa shape index (κ2) is 5.63. The molecule has 0 aliphatic heterocycles. The van der Waals surface area contributed by atoms with E-state index in [1.54, 1.807) is 0 Å². The Morgan fingerprint density at radius 2 is 1.86 bits per heavy atom. The maximum absolute atomic E-state index is 13.5. The van der Waals surface area contributed by atoms with Crippen molar-refractivity contribution in [3.63, 3.8) is 0 Å². The number of benzene rings is 1. The van der Waals surface area contributed by atoms with Crippen molar-refractivity contribution >= 4 is 5.97 Å². The van der Waals surface area contributed by atoms with Gasteiger partial charge in [0, 0.05) is 13.0 Å². The Hall–Kier alpha value is -2.64. The minimum absolute atomic E-state index is 0.292. The molecule has 0 aliphatic carbocycles. The lowest BCUT2D eigenvalue weighted by Gasteiger charge is -2.15. The van der Waals surface area contributed by atoms with Gasteiger partial charge in [-0.05, 0) is 24.3 Å². The van der Waals surface area contributed by atoms with Crippen LogP contribution in [0.5, 0.6) is 11.6 Å². The van der Waals surface area contributed by atoms with E-state index in [4.69, 9.17) is 9.84 Å². The molecule has 2 rings (SSSR count). The van der Waals surface area contributed by atoms with E-state index in [-0.39, 0.29) is 5.75 Å². The molecule has 1 N–H and O–H groups in total. The monoisotopic (exact) mass is 315 g/mol. The second-order valence-electron chi connectivity index (χ2n) is 4.42. The summed E-state index contributed by atoms with van der Waals surface area (Å²) in [5.74, 6) is -8.17. The van der Waals surface area contributed by atoms with Crippen molar-refractivity contribution in [2.75, 3.05) is 0 Å². The van der Waals surface area contributed by atoms with Crippen LogP contribution in [-0.2, 0) is 5.92 Å². The molecule has 8 heteroatoms. The summed E-state index contributed by atoms with van der Waals surface area (Å²) in [5.41, 5.74) is -1.20. The number of hydrogen-bond acceptors (Lipinski definition) is 3. The van der Waals surface area contributed by atoms with Crippen molar-refractivity contribution in [1.29, 1.82) is 0 Å². The zero-order valence-corrected chi connectivity index (χ0v) is 11.1. The molecule has 22 heavy (non-hydrogen) atoms. The molecule has 1 aromatic heterocycles. The number of pyridine rings is 1. The van der Waals surface area contributed by atoms with Gasteiger partial charge in [-0.2, -0.15) is 0 Å². The van der Waals surface area contributed by atoms with Crippen LogP contribution in [0, 0.1) is 11.6 Å². The molecule has 0 fully saturated rings. The molecule has 0 saturated carbocycles. The highest BCUT2D eigenvalue weighted by Gasteiger charge is 2.30. The lowest BCUT2D eigenvalue weighted by atomic mass is 10.1. The fraction of sp³-hybridized carbons (Fsp3) is 0.143. The summed E-state index contributed by atoms with van der Waals surface area (Å²) < 4.78 is 57.9. The molecule has 0 atom stereocenters. The third-order valence-electron chi connectivity index (χ3n) is 2.66. The molecular formula is C14H9F4NO3. The zero-order chi connectivity index (χ0) is 16.5. The largest absolute Gasteiger partial charge is 0.477 e. The van der Waals surface area contributed by atoms with Crippen LogP contribution in [0.15, 0.2) is 30.3 Å². The van der Waals surface area contributed by atoms with Gasteiger partial charge >= 0.3 is 5.97 Å². The predicted octanol–water partition coefficient (Wildman–Crippen LogP) is 3.96. The highest BCUT2D eigenvalue weighted by atomic mass is 19.3. The number of halogens is 4. The van der Waals surface area contributed by atoms with Crippen LogP contribution in [0.1, 0.15) is 23.0 Å². The first kappa shape index (κ1) is 15.7. The third kappa shape index (κ3) is 3.33. The summed E-state index contributed by atoms with van der Waals surface area (Å²) in [6, 6.07) is 4.14. The molecule has 0 spiro atoms. The SMILES string of the molecule is CC(F)(F)c1ccc(C(=O)O)nc1Oc1ccc(F)c(F)c1. The average Bonchev–Trinajstić information content (AvgIpc) is 2.41. The number of aromatic carboxylic acids is 1. The Morgan fingerprint density at radius 3 is 2.41 bits per heavy atom. The van der Waals surface area contributed by atoms with Gasteiger partial charge in [0.25, 0.3) is 5.92 Å². The lowest BCUT2D eigenvalue weighted by Crippen LogP contribution is -2.12. The van der Waals surface area contributed by atoms with E-state index in [1.165, 1.54) is 0 Å². The number of ether oxygens (including phenoxy) is 1. The summed E-state index contributed by atoms with van der Waals surface area (Å²) in [5, 5.41) is 8.83. The Balaban J connectivity index is 2.48. The topological polar surface area (TPSA) is 59.4 Å². The zero-order valence-electron chi connectivity index (χ0n) is 11.1. The smallest absolute Gasteiger partial charge is 0.354 e. The second-order valence-corrected chi connectivity index (χ2v) is 4.42. The van der Waals surface area contributed by atoms with Crippen LogP contribution >= 0.6 is 0 Å². The highest BCUT2D eigenvalue weighted by molar-refractivity contribution is 5.85. The number of aromatic nitrogens is 1. The van der Waals surface area contributed by atoms with Gasteiger partial charge in [0.1, 0.15) is 5.75 Å². The van der Waals surface area contributed by atoms with E-state index in [1.807, 2.05) is 0 Å². The maximum Gasteiger partial charge on any atom is 0.354 e. The van der Waals surface area contributed by atoms with Crippen molar-refractivity contribution in [3.05, 3.63) is 53.2 Å². The minimum Gasteiger partial charge on any atom is -0.477 e. The summed E-state index contributed by atoms with van der Waals surface area (Å²) in [6.45, 7) is 0.572. The van der Waals surface area contributed by atoms with Gasteiger partial charge in [0.15, 0.2) is 17.3 Å². The minimum atomic E-state index is -3.36. The van der Waals surface area contributed by atoms with Crippen molar-refractivity contribution in [2.24, 2.45) is 0 Å². The summed E-state index contributed by atoms with van der Waals surface area (Å²) >= 11 is 0. The molecule has 0 saturated heterocycles. The van der Waals surface area contributed by atoms with Crippen LogP contribution in [0.4, 0.5) is 17.6 Å². The molecule has 1 heterocycles. The van der Waals surface area contributed by atoms with E-state index in [0.717, 1.165) is 24.3 Å². The number of carboxylic acid groups (broad SMARTS) is 1. The molecule has 4 nitrogen and oxygen atoms in total. The Bertz CT molecular complexity index is 729. The predicted molar refractivity (Wildman–Crippen MR) is 67.2 cm³/mol. The van der Waals surface area contributed by atoms with Crippen molar-refractivity contribution in [3.8, 4) is 11.6 Å². The van der Waals surface area contributed by atoms with Crippen molar-refractivity contribution in [1.82, 2.24) is 4.98 Å². The molecule has 0 amide bonds. The summed E-state index contributed by atoms with van der Waals surface area (Å²) in [6.07, 6.45) is 0. The number of carbonyl (C=O) groups is 1. The lowest BCUT2D eigenvalue weighted by molar-refractivity contribution is 0.0148. The molecule has 116 valence electrons. The average molecular weight is 315 g/mol. The Morgan fingerprint density at radius 1 is 1.18 bits per heavy atom. The normalized spacial score (nSPS) is 11.3. The quantitative estimate of drug-likeness (QED) is 0.868. The summed E-state index contributed by atoms with van der Waals surface area (Å²) in [7, 11) is 0. The van der Waals surface area contributed by atoms with Crippen molar-refractivity contribution < 1.29 is 32.2 Å². The Labute approximate surface area is 122 Å². The molecule has 0 unspecified atom stereocenters. The van der Waals surface area contributed by atoms with Crippen LogP contribution < -0.4 is 4.74 Å². The molecule has 2 aromatic rings. The van der Waals surface area contributed by atoms with Gasteiger partial charge in [-0.3, -0.25) is 0 Å². The number of rotatable bonds is 4. The molecule has 0 radical (unpaired) electrons. The van der Waals surface area contributed by atoms with E-state index < -0.39 is 40.7 Å². The Kier molecular flexibility index (Phi) is 4.03. The van der Waals surface area contributed by atoms with E-state index in [2.05, 4.69) is 4.98 Å². The van der Waals surface area contributed by atoms with Gasteiger partial charge < -0.3 is 9.84 Å². The fourth-order valence-corrected chi connectivity index (χ4v) is 1.62. The van der Waals surface area contributed by atoms with Crippen LogP contribution in [0.3, 0.4) is 0 Å². The number of hydrogen-bond donors (Lipinski definition) is 1. The first-order chi connectivity index (χ1) is 10.2. The fourth-order valence-electron chi connectivity index (χ4n) is 1.62. The van der Waals surface area contributed by atoms with Gasteiger partial charge in [-0.25, -0.2) is 27.3 Å². The van der Waals surface area contributed by atoms with Crippen LogP contribution in [-0.4, -0.2) is 16.1 Å². The van der Waals surface area contributed by atoms with E-state index in [0.29, 0.717) is 13.0 Å². The molecule has 1 aromatic carbocycles. The first-order valence-corrected chi connectivity index (χ1v) is 5.94. The standard InChI is InChI=1S/C14H9F4NO3/c1-14(17,18)8-3-5-11(13(20)21)19-12(8)22-7-2-4-9(15)10(16)6-7/h2-6H,1H3,(H,20,21). The third-order valence-corrected chi connectivity index (χ3v) is 2.66. The highest BCUT2D eigenvalue weighted by Crippen LogP contribution is 2.35.